The predicted octanol–water partition coefficient (Wildman–Crippen LogP) is 2.65. The number of carboxylic acid groups (broad SMARTS) is 1. The zero-order valence-corrected chi connectivity index (χ0v) is 18.0. The number of aromatic carboxylic acids is 1. The zero-order valence-electron chi connectivity index (χ0n) is 18.0. The second-order valence-electron chi connectivity index (χ2n) is 7.73. The number of hydrogen-bond acceptors (Lipinski definition) is 6. The molecule has 1 amide bonds. The molecule has 0 aromatic heterocycles. The van der Waals surface area contributed by atoms with E-state index in [-0.39, 0.29) is 17.5 Å². The van der Waals surface area contributed by atoms with E-state index in [1.165, 1.54) is 12.1 Å². The van der Waals surface area contributed by atoms with E-state index >= 15 is 0 Å². The van der Waals surface area contributed by atoms with Gasteiger partial charge in [0.05, 0.1) is 23.2 Å². The molecular weight excluding hydrogens is 410 g/mol. The molecule has 1 aliphatic heterocycles. The zero-order chi connectivity index (χ0) is 23.0. The molecule has 0 bridgehead atoms. The van der Waals surface area contributed by atoms with E-state index in [9.17, 15) is 9.59 Å². The van der Waals surface area contributed by atoms with Crippen LogP contribution in [0.2, 0.25) is 0 Å². The van der Waals surface area contributed by atoms with Crippen LogP contribution < -0.4 is 15.4 Å². The van der Waals surface area contributed by atoms with Gasteiger partial charge >= 0.3 is 5.97 Å². The number of nitrogens with one attached hydrogen (secondary N) is 2. The second kappa shape index (κ2) is 10.8. The number of amides is 1. The molecule has 0 radical (unpaired) electrons. The van der Waals surface area contributed by atoms with Gasteiger partial charge in [-0.3, -0.25) is 10.1 Å². The summed E-state index contributed by atoms with van der Waals surface area (Å²) < 4.78 is 11.2. The molecule has 1 atom stereocenters. The van der Waals surface area contributed by atoms with Gasteiger partial charge in [-0.1, -0.05) is 12.1 Å². The summed E-state index contributed by atoms with van der Waals surface area (Å²) in [5, 5.41) is 24.3. The van der Waals surface area contributed by atoms with Crippen LogP contribution in [0.1, 0.15) is 47.3 Å². The van der Waals surface area contributed by atoms with E-state index in [1.54, 1.807) is 36.4 Å². The van der Waals surface area contributed by atoms with Crippen molar-refractivity contribution in [3.05, 3.63) is 65.2 Å². The number of hydrogen-bond donors (Lipinski definition) is 3. The van der Waals surface area contributed by atoms with E-state index in [0.29, 0.717) is 50.5 Å². The summed E-state index contributed by atoms with van der Waals surface area (Å²) >= 11 is 0. The Kier molecular flexibility index (Phi) is 7.82. The Bertz CT molecular complexity index is 961. The molecule has 1 heterocycles. The molecule has 0 unspecified atom stereocenters. The molecule has 2 aromatic carbocycles. The van der Waals surface area contributed by atoms with Gasteiger partial charge in [0.2, 0.25) is 5.91 Å². The summed E-state index contributed by atoms with van der Waals surface area (Å²) in [6.45, 7) is 3.68. The lowest BCUT2D eigenvalue weighted by Crippen LogP contribution is -2.60. The summed E-state index contributed by atoms with van der Waals surface area (Å²) in [5.74, 6) is -0.439. The molecule has 8 heteroatoms. The molecule has 168 valence electrons. The third-order valence-corrected chi connectivity index (χ3v) is 5.60. The minimum atomic E-state index is -0.984. The van der Waals surface area contributed by atoms with Gasteiger partial charge < -0.3 is 19.9 Å². The summed E-state index contributed by atoms with van der Waals surface area (Å²) in [4.78, 5) is 24.3. The van der Waals surface area contributed by atoms with Gasteiger partial charge in [0.15, 0.2) is 0 Å². The number of rotatable bonds is 9. The SMILES string of the molecule is C[C@H](NC(=O)C1(NCCOc2ccc(C#N)cc2)CCOCC1)c1ccc(C(=O)O)cc1. The molecule has 2 aromatic rings. The fourth-order valence-electron chi connectivity index (χ4n) is 3.62. The highest BCUT2D eigenvalue weighted by Crippen LogP contribution is 2.23. The summed E-state index contributed by atoms with van der Waals surface area (Å²) in [6.07, 6.45) is 1.08. The van der Waals surface area contributed by atoms with Gasteiger partial charge in [-0.05, 0) is 61.7 Å². The van der Waals surface area contributed by atoms with Crippen molar-refractivity contribution in [2.45, 2.75) is 31.3 Å². The Labute approximate surface area is 187 Å². The van der Waals surface area contributed by atoms with E-state index in [1.807, 2.05) is 6.92 Å². The fourth-order valence-corrected chi connectivity index (χ4v) is 3.62. The van der Waals surface area contributed by atoms with E-state index in [4.69, 9.17) is 19.8 Å². The van der Waals surface area contributed by atoms with Crippen molar-refractivity contribution in [2.24, 2.45) is 0 Å². The number of carboxylic acids is 1. The van der Waals surface area contributed by atoms with Gasteiger partial charge in [0, 0.05) is 19.8 Å². The van der Waals surface area contributed by atoms with Crippen LogP contribution in [0.25, 0.3) is 0 Å². The van der Waals surface area contributed by atoms with Crippen molar-refractivity contribution in [2.75, 3.05) is 26.4 Å². The van der Waals surface area contributed by atoms with Gasteiger partial charge in [0.25, 0.3) is 0 Å². The average Bonchev–Trinajstić information content (AvgIpc) is 2.82. The highest BCUT2D eigenvalue weighted by atomic mass is 16.5. The van der Waals surface area contributed by atoms with Crippen LogP contribution in [0.4, 0.5) is 0 Å². The lowest BCUT2D eigenvalue weighted by atomic mass is 9.88. The molecule has 0 aliphatic carbocycles. The molecule has 3 rings (SSSR count). The van der Waals surface area contributed by atoms with Crippen molar-refractivity contribution in [3.63, 3.8) is 0 Å². The number of carbonyl (C=O) groups excluding carboxylic acids is 1. The second-order valence-corrected chi connectivity index (χ2v) is 7.73. The molecule has 1 aliphatic rings. The molecule has 0 saturated carbocycles. The first kappa shape index (κ1) is 23.3. The predicted molar refractivity (Wildman–Crippen MR) is 117 cm³/mol. The summed E-state index contributed by atoms with van der Waals surface area (Å²) in [6, 6.07) is 15.2. The Balaban J connectivity index is 1.58. The lowest BCUT2D eigenvalue weighted by Gasteiger charge is -2.37. The molecule has 1 fully saturated rings. The molecular formula is C24H27N3O5. The van der Waals surface area contributed by atoms with Gasteiger partial charge in [-0.2, -0.15) is 5.26 Å². The fraction of sp³-hybridized carbons (Fsp3) is 0.375. The van der Waals surface area contributed by atoms with Crippen LogP contribution in [0.3, 0.4) is 0 Å². The van der Waals surface area contributed by atoms with E-state index in [2.05, 4.69) is 16.7 Å². The minimum absolute atomic E-state index is 0.117. The van der Waals surface area contributed by atoms with Gasteiger partial charge in [-0.25, -0.2) is 4.79 Å². The monoisotopic (exact) mass is 437 g/mol. The first-order valence-electron chi connectivity index (χ1n) is 10.5. The molecule has 0 spiro atoms. The smallest absolute Gasteiger partial charge is 0.335 e. The molecule has 8 nitrogen and oxygen atoms in total. The molecule has 3 N–H and O–H groups in total. The van der Waals surface area contributed by atoms with Crippen molar-refractivity contribution in [1.82, 2.24) is 10.6 Å². The van der Waals surface area contributed by atoms with Crippen molar-refractivity contribution in [3.8, 4) is 11.8 Å². The maximum atomic E-state index is 13.2. The van der Waals surface area contributed by atoms with Crippen molar-refractivity contribution in [1.29, 1.82) is 5.26 Å². The Morgan fingerprint density at radius 1 is 1.16 bits per heavy atom. The largest absolute Gasteiger partial charge is 0.492 e. The molecule has 1 saturated heterocycles. The lowest BCUT2D eigenvalue weighted by molar-refractivity contribution is -0.132. The summed E-state index contributed by atoms with van der Waals surface area (Å²) in [7, 11) is 0. The number of benzene rings is 2. The Hall–Kier alpha value is -3.41. The highest BCUT2D eigenvalue weighted by molar-refractivity contribution is 5.88. The summed E-state index contributed by atoms with van der Waals surface area (Å²) in [5.41, 5.74) is 0.841. The standard InChI is InChI=1S/C24H27N3O5/c1-17(19-4-6-20(7-5-19)22(28)29)27-23(30)24(10-13-31-14-11-24)26-12-15-32-21-8-2-18(16-25)3-9-21/h2-9,17,26H,10-15H2,1H3,(H,27,30)(H,28,29)/t17-/m0/s1. The van der Waals surface area contributed by atoms with Crippen LogP contribution in [0, 0.1) is 11.3 Å². The maximum absolute atomic E-state index is 13.2. The quantitative estimate of drug-likeness (QED) is 0.516. The number of nitrogens with zero attached hydrogens (tertiary/aromatic N) is 1. The van der Waals surface area contributed by atoms with Crippen LogP contribution in [-0.2, 0) is 9.53 Å². The average molecular weight is 437 g/mol. The van der Waals surface area contributed by atoms with Gasteiger partial charge in [-0.15, -0.1) is 0 Å². The first-order chi connectivity index (χ1) is 15.4. The third kappa shape index (κ3) is 5.84. The van der Waals surface area contributed by atoms with Crippen LogP contribution >= 0.6 is 0 Å². The first-order valence-corrected chi connectivity index (χ1v) is 10.5. The van der Waals surface area contributed by atoms with Crippen LogP contribution in [0.5, 0.6) is 5.75 Å². The maximum Gasteiger partial charge on any atom is 0.335 e. The normalized spacial score (nSPS) is 15.9. The minimum Gasteiger partial charge on any atom is -0.492 e. The number of carbonyl (C=O) groups is 2. The van der Waals surface area contributed by atoms with Gasteiger partial charge in [0.1, 0.15) is 17.9 Å². The van der Waals surface area contributed by atoms with E-state index < -0.39 is 11.5 Å². The van der Waals surface area contributed by atoms with Crippen LogP contribution in [-0.4, -0.2) is 48.9 Å². The van der Waals surface area contributed by atoms with Crippen molar-refractivity contribution >= 4 is 11.9 Å². The Morgan fingerprint density at radius 2 is 1.81 bits per heavy atom. The van der Waals surface area contributed by atoms with E-state index in [0.717, 1.165) is 5.56 Å². The van der Waals surface area contributed by atoms with Crippen LogP contribution in [0.15, 0.2) is 48.5 Å². The topological polar surface area (TPSA) is 121 Å². The Morgan fingerprint density at radius 3 is 2.41 bits per heavy atom. The number of nitriles is 1. The number of ether oxygens (including phenoxy) is 2. The molecule has 32 heavy (non-hydrogen) atoms. The highest BCUT2D eigenvalue weighted by Gasteiger charge is 2.40. The third-order valence-electron chi connectivity index (χ3n) is 5.60. The van der Waals surface area contributed by atoms with Crippen molar-refractivity contribution < 1.29 is 24.2 Å².